The average Bonchev–Trinajstić information content (AvgIpc) is 2.45. The van der Waals surface area contributed by atoms with Gasteiger partial charge in [0.2, 0.25) is 0 Å². The van der Waals surface area contributed by atoms with Crippen molar-refractivity contribution in [1.82, 2.24) is 5.32 Å². The lowest BCUT2D eigenvalue weighted by Crippen LogP contribution is -2.51. The van der Waals surface area contributed by atoms with Crippen molar-refractivity contribution in [1.29, 1.82) is 0 Å². The van der Waals surface area contributed by atoms with Crippen molar-refractivity contribution < 1.29 is 8.42 Å². The summed E-state index contributed by atoms with van der Waals surface area (Å²) in [5.74, 6) is 0.630. The van der Waals surface area contributed by atoms with Gasteiger partial charge in [-0.05, 0) is 39.0 Å². The summed E-state index contributed by atoms with van der Waals surface area (Å²) in [6.45, 7) is 2.03. The highest BCUT2D eigenvalue weighted by molar-refractivity contribution is 7.91. The first kappa shape index (κ1) is 12.3. The van der Waals surface area contributed by atoms with Crippen LogP contribution in [0.5, 0.6) is 0 Å². The summed E-state index contributed by atoms with van der Waals surface area (Å²) in [6.07, 6.45) is 5.02. The fourth-order valence-corrected chi connectivity index (χ4v) is 4.98. The zero-order chi connectivity index (χ0) is 11.8. The zero-order valence-corrected chi connectivity index (χ0v) is 10.7. The van der Waals surface area contributed by atoms with Crippen LogP contribution in [0, 0.1) is 0 Å². The Morgan fingerprint density at radius 1 is 1.25 bits per heavy atom. The van der Waals surface area contributed by atoms with E-state index >= 15 is 0 Å². The summed E-state index contributed by atoms with van der Waals surface area (Å²) in [6, 6.07) is 0.802. The third-order valence-corrected chi connectivity index (χ3v) is 5.73. The molecular weight excluding hydrogens is 224 g/mol. The van der Waals surface area contributed by atoms with E-state index in [0.717, 1.165) is 32.1 Å². The largest absolute Gasteiger partial charge is 0.328 e. The highest BCUT2D eigenvalue weighted by Gasteiger charge is 2.39. The van der Waals surface area contributed by atoms with E-state index in [1.165, 1.54) is 0 Å². The van der Waals surface area contributed by atoms with Crippen LogP contribution in [-0.2, 0) is 9.84 Å². The van der Waals surface area contributed by atoms with Crippen molar-refractivity contribution in [2.75, 3.05) is 11.5 Å². The van der Waals surface area contributed by atoms with Gasteiger partial charge in [-0.15, -0.1) is 0 Å². The Balaban J connectivity index is 1.90. The molecule has 16 heavy (non-hydrogen) atoms. The van der Waals surface area contributed by atoms with E-state index in [9.17, 15) is 8.42 Å². The highest BCUT2D eigenvalue weighted by atomic mass is 32.2. The third-order valence-electron chi connectivity index (χ3n) is 3.83. The summed E-state index contributed by atoms with van der Waals surface area (Å²) in [5, 5.41) is 3.54. The van der Waals surface area contributed by atoms with E-state index < -0.39 is 9.84 Å². The molecule has 0 aromatic heterocycles. The maximum absolute atomic E-state index is 11.5. The molecule has 4 nitrogen and oxygen atoms in total. The molecule has 0 bridgehead atoms. The van der Waals surface area contributed by atoms with E-state index in [1.54, 1.807) is 0 Å². The van der Waals surface area contributed by atoms with Crippen LogP contribution < -0.4 is 11.1 Å². The monoisotopic (exact) mass is 246 g/mol. The van der Waals surface area contributed by atoms with Crippen LogP contribution in [0.1, 0.15) is 39.0 Å². The van der Waals surface area contributed by atoms with Crippen molar-refractivity contribution in [2.24, 2.45) is 5.73 Å². The lowest BCUT2D eigenvalue weighted by Gasteiger charge is -2.34. The van der Waals surface area contributed by atoms with Gasteiger partial charge in [-0.25, -0.2) is 8.42 Å². The minimum atomic E-state index is -2.80. The van der Waals surface area contributed by atoms with Crippen LogP contribution in [0.2, 0.25) is 0 Å². The lowest BCUT2D eigenvalue weighted by atomic mass is 9.89. The molecule has 1 heterocycles. The Hall–Kier alpha value is -0.130. The van der Waals surface area contributed by atoms with Crippen LogP contribution in [0.25, 0.3) is 0 Å². The summed E-state index contributed by atoms with van der Waals surface area (Å²) in [7, 11) is -2.80. The summed E-state index contributed by atoms with van der Waals surface area (Å²) < 4.78 is 23.0. The molecule has 0 radical (unpaired) electrons. The predicted octanol–water partition coefficient (Wildman–Crippen LogP) is 0.423. The number of nitrogens with one attached hydrogen (secondary N) is 1. The molecule has 1 unspecified atom stereocenters. The van der Waals surface area contributed by atoms with Crippen LogP contribution in [-0.4, -0.2) is 37.5 Å². The Morgan fingerprint density at radius 3 is 2.38 bits per heavy atom. The Morgan fingerprint density at radius 2 is 1.88 bits per heavy atom. The molecule has 0 aromatic rings. The van der Waals surface area contributed by atoms with Gasteiger partial charge >= 0.3 is 0 Å². The maximum atomic E-state index is 11.5. The fourth-order valence-electron chi connectivity index (χ4n) is 2.88. The number of hydrogen-bond acceptors (Lipinski definition) is 4. The topological polar surface area (TPSA) is 72.2 Å². The highest BCUT2D eigenvalue weighted by Crippen LogP contribution is 2.26. The van der Waals surface area contributed by atoms with Crippen LogP contribution in [0.15, 0.2) is 0 Å². The quantitative estimate of drug-likeness (QED) is 0.741. The number of nitrogens with two attached hydrogens (primary N) is 1. The van der Waals surface area contributed by atoms with Gasteiger partial charge in [-0.3, -0.25) is 0 Å². The third kappa shape index (κ3) is 2.96. The Kier molecular flexibility index (Phi) is 3.29. The molecule has 0 spiro atoms. The Labute approximate surface area is 97.9 Å². The summed E-state index contributed by atoms with van der Waals surface area (Å²) >= 11 is 0. The normalized spacial score (nSPS) is 43.4. The molecule has 0 aromatic carbocycles. The van der Waals surface area contributed by atoms with Gasteiger partial charge in [0, 0.05) is 17.6 Å². The molecule has 2 fully saturated rings. The van der Waals surface area contributed by atoms with Crippen molar-refractivity contribution in [2.45, 2.75) is 56.7 Å². The SMILES string of the molecule is CC1(NC2CCC(N)CC2)CCS(=O)(=O)C1. The van der Waals surface area contributed by atoms with Crippen LogP contribution in [0.4, 0.5) is 0 Å². The molecule has 1 aliphatic carbocycles. The minimum Gasteiger partial charge on any atom is -0.328 e. The number of hydrogen-bond donors (Lipinski definition) is 2. The first-order chi connectivity index (χ1) is 7.39. The van der Waals surface area contributed by atoms with Gasteiger partial charge in [0.25, 0.3) is 0 Å². The molecule has 2 rings (SSSR count). The van der Waals surface area contributed by atoms with Crippen molar-refractivity contribution in [3.8, 4) is 0 Å². The maximum Gasteiger partial charge on any atom is 0.152 e. The van der Waals surface area contributed by atoms with Gasteiger partial charge < -0.3 is 11.1 Å². The molecule has 0 amide bonds. The molecule has 3 N–H and O–H groups in total. The van der Waals surface area contributed by atoms with Gasteiger partial charge in [0.1, 0.15) is 0 Å². The second-order valence-corrected chi connectivity index (χ2v) is 7.84. The molecule has 1 aliphatic heterocycles. The van der Waals surface area contributed by atoms with E-state index in [1.807, 2.05) is 6.92 Å². The molecule has 1 saturated carbocycles. The molecule has 2 aliphatic rings. The molecule has 5 heteroatoms. The molecule has 1 saturated heterocycles. The Bertz CT molecular complexity index is 347. The molecule has 94 valence electrons. The van der Waals surface area contributed by atoms with E-state index in [-0.39, 0.29) is 5.54 Å². The van der Waals surface area contributed by atoms with E-state index in [4.69, 9.17) is 5.73 Å². The first-order valence-corrected chi connectivity index (χ1v) is 7.94. The lowest BCUT2D eigenvalue weighted by molar-refractivity contribution is 0.270. The minimum absolute atomic E-state index is 0.203. The average molecular weight is 246 g/mol. The number of sulfone groups is 1. The second kappa shape index (κ2) is 4.27. The van der Waals surface area contributed by atoms with Crippen molar-refractivity contribution in [3.63, 3.8) is 0 Å². The molecule has 1 atom stereocenters. The summed E-state index contributed by atoms with van der Waals surface area (Å²) in [5.41, 5.74) is 5.65. The second-order valence-electron chi connectivity index (χ2n) is 5.66. The van der Waals surface area contributed by atoms with E-state index in [0.29, 0.717) is 23.6 Å². The fraction of sp³-hybridized carbons (Fsp3) is 1.00. The van der Waals surface area contributed by atoms with E-state index in [2.05, 4.69) is 5.32 Å². The van der Waals surface area contributed by atoms with Gasteiger partial charge in [0.05, 0.1) is 11.5 Å². The van der Waals surface area contributed by atoms with Crippen LogP contribution in [0.3, 0.4) is 0 Å². The standard InChI is InChI=1S/C11H22N2O2S/c1-11(6-7-16(14,15)8-11)13-10-4-2-9(12)3-5-10/h9-10,13H,2-8,12H2,1H3. The summed E-state index contributed by atoms with van der Waals surface area (Å²) in [4.78, 5) is 0. The van der Waals surface area contributed by atoms with Gasteiger partial charge in [-0.1, -0.05) is 0 Å². The van der Waals surface area contributed by atoms with Crippen LogP contribution >= 0.6 is 0 Å². The van der Waals surface area contributed by atoms with Gasteiger partial charge in [-0.2, -0.15) is 0 Å². The van der Waals surface area contributed by atoms with Crippen molar-refractivity contribution in [3.05, 3.63) is 0 Å². The smallest absolute Gasteiger partial charge is 0.152 e. The zero-order valence-electron chi connectivity index (χ0n) is 9.91. The van der Waals surface area contributed by atoms with Crippen molar-refractivity contribution >= 4 is 9.84 Å². The first-order valence-electron chi connectivity index (χ1n) is 6.12. The van der Waals surface area contributed by atoms with Gasteiger partial charge in [0.15, 0.2) is 9.84 Å². The molecular formula is C11H22N2O2S. The number of rotatable bonds is 2. The predicted molar refractivity (Wildman–Crippen MR) is 65.0 cm³/mol.